The van der Waals surface area contributed by atoms with Gasteiger partial charge in [-0.25, -0.2) is 8.42 Å². The minimum Gasteiger partial charge on any atom is -0.326 e. The fourth-order valence-electron chi connectivity index (χ4n) is 4.01. The Hall–Kier alpha value is -2.42. The van der Waals surface area contributed by atoms with Crippen molar-refractivity contribution in [3.63, 3.8) is 0 Å². The minimum absolute atomic E-state index is 0.0874. The molecule has 0 spiro atoms. The average Bonchev–Trinajstić information content (AvgIpc) is 3.16. The van der Waals surface area contributed by atoms with Crippen molar-refractivity contribution in [3.8, 4) is 0 Å². The zero-order valence-corrected chi connectivity index (χ0v) is 18.5. The van der Waals surface area contributed by atoms with Crippen LogP contribution in [0, 0.1) is 5.92 Å². The Labute approximate surface area is 187 Å². The van der Waals surface area contributed by atoms with E-state index in [2.05, 4.69) is 5.32 Å². The third-order valence-electron chi connectivity index (χ3n) is 5.67. The summed E-state index contributed by atoms with van der Waals surface area (Å²) in [6, 6.07) is 13.2. The molecule has 1 atom stereocenters. The van der Waals surface area contributed by atoms with E-state index in [1.165, 1.54) is 10.4 Å². The summed E-state index contributed by atoms with van der Waals surface area (Å²) in [6.07, 6.45) is 2.83. The van der Waals surface area contributed by atoms with E-state index in [0.717, 1.165) is 19.3 Å². The molecule has 9 heteroatoms. The van der Waals surface area contributed by atoms with Gasteiger partial charge in [-0.1, -0.05) is 30.2 Å². The Bertz CT molecular complexity index is 1100. The number of benzene rings is 2. The Morgan fingerprint density at radius 3 is 2.52 bits per heavy atom. The Morgan fingerprint density at radius 1 is 1.03 bits per heavy atom. The highest BCUT2D eigenvalue weighted by Crippen LogP contribution is 2.28. The molecule has 7 nitrogen and oxygen atoms in total. The second-order valence-electron chi connectivity index (χ2n) is 7.87. The minimum atomic E-state index is -3.59. The molecule has 0 aromatic heterocycles. The van der Waals surface area contributed by atoms with Crippen molar-refractivity contribution in [3.05, 3.63) is 53.6 Å². The van der Waals surface area contributed by atoms with Crippen LogP contribution in [0.4, 0.5) is 11.4 Å². The lowest BCUT2D eigenvalue weighted by Crippen LogP contribution is -2.35. The van der Waals surface area contributed by atoms with Gasteiger partial charge in [0.1, 0.15) is 0 Å². The summed E-state index contributed by atoms with van der Waals surface area (Å²) in [4.78, 5) is 26.9. The van der Waals surface area contributed by atoms with E-state index in [1.807, 2.05) is 0 Å². The molecule has 2 amide bonds. The van der Waals surface area contributed by atoms with Crippen molar-refractivity contribution in [2.45, 2.75) is 30.6 Å². The summed E-state index contributed by atoms with van der Waals surface area (Å²) >= 11 is 6.02. The third kappa shape index (κ3) is 4.76. The molecule has 164 valence electrons. The fourth-order valence-corrected chi connectivity index (χ4v) is 5.76. The summed E-state index contributed by atoms with van der Waals surface area (Å²) in [6.45, 7) is 1.28. The molecule has 1 N–H and O–H groups in total. The lowest BCUT2D eigenvalue weighted by Gasteiger charge is -2.26. The van der Waals surface area contributed by atoms with Crippen molar-refractivity contribution in [1.29, 1.82) is 0 Å². The normalized spacial score (nSPS) is 20.1. The molecule has 2 fully saturated rings. The molecule has 0 bridgehead atoms. The van der Waals surface area contributed by atoms with Crippen molar-refractivity contribution in [2.24, 2.45) is 5.92 Å². The van der Waals surface area contributed by atoms with Crippen LogP contribution in [-0.2, 0) is 19.6 Å². The Balaban J connectivity index is 1.46. The van der Waals surface area contributed by atoms with Gasteiger partial charge in [-0.3, -0.25) is 9.59 Å². The first-order chi connectivity index (χ1) is 14.8. The van der Waals surface area contributed by atoms with Gasteiger partial charge in [-0.15, -0.1) is 0 Å². The number of halogens is 1. The molecule has 31 heavy (non-hydrogen) atoms. The molecule has 2 aliphatic heterocycles. The second-order valence-corrected chi connectivity index (χ2v) is 10.2. The van der Waals surface area contributed by atoms with Gasteiger partial charge in [0.2, 0.25) is 21.8 Å². The van der Waals surface area contributed by atoms with Gasteiger partial charge in [0.25, 0.3) is 0 Å². The molecule has 2 heterocycles. The molecule has 0 aliphatic carbocycles. The number of hydrogen-bond acceptors (Lipinski definition) is 4. The molecule has 2 aromatic carbocycles. The summed E-state index contributed by atoms with van der Waals surface area (Å²) < 4.78 is 27.3. The predicted molar refractivity (Wildman–Crippen MR) is 120 cm³/mol. The largest absolute Gasteiger partial charge is 0.326 e. The maximum absolute atomic E-state index is 12.9. The standard InChI is InChI=1S/C22H24ClN3O4S/c23-17-6-4-8-19(13-17)26-15-16(12-21(26)27)22(28)24-18-7-5-9-20(14-18)31(29,30)25-10-2-1-3-11-25/h4-9,13-14,16H,1-3,10-12,15H2,(H,24,28). The number of hydrogen-bond donors (Lipinski definition) is 1. The van der Waals surface area contributed by atoms with Gasteiger partial charge in [0.05, 0.1) is 10.8 Å². The fraction of sp³-hybridized carbons (Fsp3) is 0.364. The zero-order valence-electron chi connectivity index (χ0n) is 17.0. The summed E-state index contributed by atoms with van der Waals surface area (Å²) in [5, 5.41) is 3.29. The first kappa shape index (κ1) is 21.8. The van der Waals surface area contributed by atoms with E-state index in [9.17, 15) is 18.0 Å². The van der Waals surface area contributed by atoms with Gasteiger partial charge in [0.15, 0.2) is 0 Å². The lowest BCUT2D eigenvalue weighted by molar-refractivity contribution is -0.122. The highest BCUT2D eigenvalue weighted by molar-refractivity contribution is 7.89. The molecule has 2 aliphatic rings. The van der Waals surface area contributed by atoms with Crippen molar-refractivity contribution < 1.29 is 18.0 Å². The van der Waals surface area contributed by atoms with Crippen LogP contribution in [0.1, 0.15) is 25.7 Å². The lowest BCUT2D eigenvalue weighted by atomic mass is 10.1. The van der Waals surface area contributed by atoms with Gasteiger partial charge in [-0.05, 0) is 49.2 Å². The van der Waals surface area contributed by atoms with Gasteiger partial charge in [-0.2, -0.15) is 4.31 Å². The highest BCUT2D eigenvalue weighted by Gasteiger charge is 2.35. The van der Waals surface area contributed by atoms with E-state index >= 15 is 0 Å². The molecule has 4 rings (SSSR count). The molecule has 0 radical (unpaired) electrons. The van der Waals surface area contributed by atoms with Crippen LogP contribution in [0.2, 0.25) is 5.02 Å². The van der Waals surface area contributed by atoms with Crippen LogP contribution in [0.3, 0.4) is 0 Å². The molecule has 1 unspecified atom stereocenters. The number of carbonyl (C=O) groups excluding carboxylic acids is 2. The van der Waals surface area contributed by atoms with Gasteiger partial charge in [0, 0.05) is 42.5 Å². The predicted octanol–water partition coefficient (Wildman–Crippen LogP) is 3.51. The SMILES string of the molecule is O=C(Nc1cccc(S(=O)(=O)N2CCCCC2)c1)C1CC(=O)N(c2cccc(Cl)c2)C1. The number of rotatable bonds is 5. The van der Waals surface area contributed by atoms with Crippen molar-refractivity contribution in [1.82, 2.24) is 4.31 Å². The smallest absolute Gasteiger partial charge is 0.243 e. The highest BCUT2D eigenvalue weighted by atomic mass is 35.5. The average molecular weight is 462 g/mol. The van der Waals surface area contributed by atoms with Crippen LogP contribution in [0.5, 0.6) is 0 Å². The third-order valence-corrected chi connectivity index (χ3v) is 7.80. The Morgan fingerprint density at radius 2 is 1.77 bits per heavy atom. The number of nitrogens with one attached hydrogen (secondary N) is 1. The van der Waals surface area contributed by atoms with Crippen molar-refractivity contribution in [2.75, 3.05) is 29.9 Å². The molecular formula is C22H24ClN3O4S. The van der Waals surface area contributed by atoms with Crippen LogP contribution < -0.4 is 10.2 Å². The second kappa shape index (κ2) is 8.98. The summed E-state index contributed by atoms with van der Waals surface area (Å²) in [5.74, 6) is -0.997. The van der Waals surface area contributed by atoms with Crippen LogP contribution >= 0.6 is 11.6 Å². The van der Waals surface area contributed by atoms with Crippen LogP contribution in [0.15, 0.2) is 53.4 Å². The number of nitrogens with zero attached hydrogens (tertiary/aromatic N) is 2. The number of piperidine rings is 1. The molecular weight excluding hydrogens is 438 g/mol. The maximum atomic E-state index is 12.9. The number of amides is 2. The van der Waals surface area contributed by atoms with E-state index in [-0.39, 0.29) is 29.7 Å². The zero-order chi connectivity index (χ0) is 22.0. The topological polar surface area (TPSA) is 86.8 Å². The summed E-state index contributed by atoms with van der Waals surface area (Å²) in [7, 11) is -3.59. The first-order valence-electron chi connectivity index (χ1n) is 10.3. The van der Waals surface area contributed by atoms with Gasteiger partial charge < -0.3 is 10.2 Å². The molecule has 0 saturated carbocycles. The van der Waals surface area contributed by atoms with E-state index in [4.69, 9.17) is 11.6 Å². The van der Waals surface area contributed by atoms with Crippen molar-refractivity contribution >= 4 is 44.8 Å². The van der Waals surface area contributed by atoms with E-state index in [1.54, 1.807) is 47.4 Å². The van der Waals surface area contributed by atoms with Crippen LogP contribution in [0.25, 0.3) is 0 Å². The summed E-state index contributed by atoms with van der Waals surface area (Å²) in [5.41, 5.74) is 1.05. The number of carbonyl (C=O) groups is 2. The quantitative estimate of drug-likeness (QED) is 0.738. The van der Waals surface area contributed by atoms with E-state index < -0.39 is 15.9 Å². The molecule has 2 aromatic rings. The molecule has 2 saturated heterocycles. The monoisotopic (exact) mass is 461 g/mol. The maximum Gasteiger partial charge on any atom is 0.243 e. The van der Waals surface area contributed by atoms with Crippen LogP contribution in [-0.4, -0.2) is 44.2 Å². The van der Waals surface area contributed by atoms with Gasteiger partial charge >= 0.3 is 0 Å². The number of sulfonamides is 1. The number of anilines is 2. The van der Waals surface area contributed by atoms with E-state index in [0.29, 0.717) is 29.5 Å². The Kier molecular flexibility index (Phi) is 6.31. The first-order valence-corrected chi connectivity index (χ1v) is 12.1.